The Balaban J connectivity index is 1.70. The quantitative estimate of drug-likeness (QED) is 0.774. The summed E-state index contributed by atoms with van der Waals surface area (Å²) in [5, 5.41) is 0. The Morgan fingerprint density at radius 1 is 1.29 bits per heavy atom. The topological polar surface area (TPSA) is 42.0 Å². The summed E-state index contributed by atoms with van der Waals surface area (Å²) in [7, 11) is 3.71. The van der Waals surface area contributed by atoms with Gasteiger partial charge in [-0.2, -0.15) is 0 Å². The molecule has 3 saturated heterocycles. The van der Waals surface area contributed by atoms with Gasteiger partial charge in [0.1, 0.15) is 0 Å². The second-order valence-corrected chi connectivity index (χ2v) is 6.84. The van der Waals surface area contributed by atoms with Gasteiger partial charge in [-0.3, -0.25) is 9.69 Å². The Labute approximate surface area is 127 Å². The van der Waals surface area contributed by atoms with Gasteiger partial charge in [-0.05, 0) is 38.3 Å². The zero-order valence-electron chi connectivity index (χ0n) is 13.3. The van der Waals surface area contributed by atoms with Crippen LogP contribution < -0.4 is 0 Å². The van der Waals surface area contributed by atoms with Crippen LogP contribution in [0.5, 0.6) is 0 Å². The number of hydrogen-bond acceptors (Lipinski definition) is 4. The van der Waals surface area contributed by atoms with Crippen LogP contribution in [0.3, 0.4) is 0 Å². The summed E-state index contributed by atoms with van der Waals surface area (Å²) in [5.41, 5.74) is 0. The lowest BCUT2D eigenvalue weighted by Crippen LogP contribution is -2.49. The van der Waals surface area contributed by atoms with E-state index in [1.807, 2.05) is 11.9 Å². The second kappa shape index (κ2) is 6.63. The van der Waals surface area contributed by atoms with Crippen molar-refractivity contribution in [1.82, 2.24) is 9.80 Å². The molecule has 3 aliphatic heterocycles. The first-order valence-electron chi connectivity index (χ1n) is 8.26. The maximum Gasteiger partial charge on any atom is 0.225 e. The highest BCUT2D eigenvalue weighted by molar-refractivity contribution is 5.79. The number of methoxy groups -OCH3 is 1. The molecule has 4 atom stereocenters. The van der Waals surface area contributed by atoms with Gasteiger partial charge in [0.2, 0.25) is 5.91 Å². The molecule has 5 heteroatoms. The third-order valence-electron chi connectivity index (χ3n) is 5.60. The highest BCUT2D eigenvalue weighted by atomic mass is 16.5. The van der Waals surface area contributed by atoms with E-state index < -0.39 is 0 Å². The second-order valence-electron chi connectivity index (χ2n) is 6.84. The Bertz CT molecular complexity index is 371. The standard InChI is InChI=1S/C16H28N2O3/c1-17-9-12(10-20-2)14-3-6-18(13-5-8-21-11-13)7-4-15(14)16(17)19/h12-15H,3-11H2,1-2H3/t12-,13+,14+,15+/m0/s1. The fourth-order valence-corrected chi connectivity index (χ4v) is 4.44. The molecule has 3 fully saturated rings. The number of nitrogens with zero attached hydrogens (tertiary/aromatic N) is 2. The smallest absolute Gasteiger partial charge is 0.225 e. The van der Waals surface area contributed by atoms with Crippen molar-refractivity contribution in [3.8, 4) is 0 Å². The largest absolute Gasteiger partial charge is 0.384 e. The molecule has 120 valence electrons. The molecule has 0 aromatic rings. The highest BCUT2D eigenvalue weighted by Crippen LogP contribution is 2.37. The summed E-state index contributed by atoms with van der Waals surface area (Å²) in [5.74, 6) is 1.51. The normalized spacial score (nSPS) is 38.4. The highest BCUT2D eigenvalue weighted by Gasteiger charge is 2.43. The maximum absolute atomic E-state index is 12.5. The van der Waals surface area contributed by atoms with Gasteiger partial charge >= 0.3 is 0 Å². The molecule has 0 N–H and O–H groups in total. The summed E-state index contributed by atoms with van der Waals surface area (Å²) in [6.45, 7) is 5.51. The van der Waals surface area contributed by atoms with Crippen LogP contribution in [0, 0.1) is 17.8 Å². The first-order valence-corrected chi connectivity index (χ1v) is 8.26. The molecule has 0 aromatic carbocycles. The third-order valence-corrected chi connectivity index (χ3v) is 5.60. The van der Waals surface area contributed by atoms with E-state index in [1.165, 1.54) is 0 Å². The Morgan fingerprint density at radius 2 is 2.10 bits per heavy atom. The summed E-state index contributed by atoms with van der Waals surface area (Å²) in [6.07, 6.45) is 3.25. The van der Waals surface area contributed by atoms with Gasteiger partial charge in [0.25, 0.3) is 0 Å². The number of rotatable bonds is 3. The van der Waals surface area contributed by atoms with E-state index in [1.54, 1.807) is 7.11 Å². The van der Waals surface area contributed by atoms with Crippen LogP contribution in [-0.2, 0) is 14.3 Å². The molecular formula is C16H28N2O3. The minimum atomic E-state index is 0.191. The van der Waals surface area contributed by atoms with Crippen LogP contribution in [0.4, 0.5) is 0 Å². The van der Waals surface area contributed by atoms with Gasteiger partial charge < -0.3 is 14.4 Å². The first kappa shape index (κ1) is 15.3. The zero-order valence-corrected chi connectivity index (χ0v) is 13.3. The van der Waals surface area contributed by atoms with Crippen molar-refractivity contribution in [3.05, 3.63) is 0 Å². The lowest BCUT2D eigenvalue weighted by atomic mass is 9.75. The van der Waals surface area contributed by atoms with E-state index in [4.69, 9.17) is 9.47 Å². The van der Waals surface area contributed by atoms with Crippen LogP contribution >= 0.6 is 0 Å². The van der Waals surface area contributed by atoms with Gasteiger partial charge in [0.15, 0.2) is 0 Å². The van der Waals surface area contributed by atoms with Crippen molar-refractivity contribution < 1.29 is 14.3 Å². The van der Waals surface area contributed by atoms with Gasteiger partial charge in [0.05, 0.1) is 13.2 Å². The average molecular weight is 296 g/mol. The fourth-order valence-electron chi connectivity index (χ4n) is 4.44. The monoisotopic (exact) mass is 296 g/mol. The zero-order chi connectivity index (χ0) is 14.8. The van der Waals surface area contributed by atoms with Crippen molar-refractivity contribution >= 4 is 5.91 Å². The number of amides is 1. The number of ether oxygens (including phenoxy) is 2. The predicted molar refractivity (Wildman–Crippen MR) is 80.0 cm³/mol. The fraction of sp³-hybridized carbons (Fsp3) is 0.938. The molecule has 0 bridgehead atoms. The molecule has 0 spiro atoms. The number of hydrogen-bond donors (Lipinski definition) is 0. The van der Waals surface area contributed by atoms with Crippen LogP contribution in [0.2, 0.25) is 0 Å². The molecule has 21 heavy (non-hydrogen) atoms. The molecule has 0 aromatic heterocycles. The van der Waals surface area contributed by atoms with E-state index in [2.05, 4.69) is 4.90 Å². The van der Waals surface area contributed by atoms with E-state index in [0.717, 1.165) is 58.7 Å². The number of fused-ring (bicyclic) bond motifs is 1. The molecule has 0 aliphatic carbocycles. The number of piperidine rings is 1. The van der Waals surface area contributed by atoms with Crippen LogP contribution in [-0.4, -0.2) is 75.4 Å². The van der Waals surface area contributed by atoms with Gasteiger partial charge in [-0.25, -0.2) is 0 Å². The Morgan fingerprint density at radius 3 is 2.81 bits per heavy atom. The molecule has 0 unspecified atom stereocenters. The number of carbonyl (C=O) groups is 1. The molecule has 3 rings (SSSR count). The average Bonchev–Trinajstić information content (AvgIpc) is 2.91. The minimum Gasteiger partial charge on any atom is -0.384 e. The minimum absolute atomic E-state index is 0.191. The number of carbonyl (C=O) groups excluding carboxylic acids is 1. The first-order chi connectivity index (χ1) is 10.2. The lowest BCUT2D eigenvalue weighted by Gasteiger charge is -2.40. The Hall–Kier alpha value is -0.650. The van der Waals surface area contributed by atoms with Gasteiger partial charge in [-0.1, -0.05) is 0 Å². The predicted octanol–water partition coefficient (Wildman–Crippen LogP) is 0.838. The molecule has 0 saturated carbocycles. The van der Waals surface area contributed by atoms with Crippen LogP contribution in [0.15, 0.2) is 0 Å². The van der Waals surface area contributed by atoms with E-state index in [0.29, 0.717) is 23.8 Å². The summed E-state index contributed by atoms with van der Waals surface area (Å²) < 4.78 is 10.9. The number of likely N-dealkylation sites (tertiary alicyclic amines) is 2. The van der Waals surface area contributed by atoms with Crippen molar-refractivity contribution in [1.29, 1.82) is 0 Å². The van der Waals surface area contributed by atoms with Gasteiger partial charge in [0, 0.05) is 45.2 Å². The Kier molecular flexibility index (Phi) is 4.82. The van der Waals surface area contributed by atoms with Crippen LogP contribution in [0.25, 0.3) is 0 Å². The van der Waals surface area contributed by atoms with Crippen molar-refractivity contribution in [2.45, 2.75) is 25.3 Å². The molecule has 3 aliphatic rings. The molecule has 1 amide bonds. The SMILES string of the molecule is COC[C@@H]1CN(C)C(=O)[C@@H]2CCN([C@@H]3CCOC3)CC[C@H]12. The van der Waals surface area contributed by atoms with Crippen molar-refractivity contribution in [3.63, 3.8) is 0 Å². The molecule has 0 radical (unpaired) electrons. The summed E-state index contributed by atoms with van der Waals surface area (Å²) in [4.78, 5) is 17.0. The van der Waals surface area contributed by atoms with Crippen LogP contribution in [0.1, 0.15) is 19.3 Å². The lowest BCUT2D eigenvalue weighted by molar-refractivity contribution is -0.143. The molecular weight excluding hydrogens is 268 g/mol. The summed E-state index contributed by atoms with van der Waals surface area (Å²) in [6, 6.07) is 0.568. The van der Waals surface area contributed by atoms with Crippen molar-refractivity contribution in [2.75, 3.05) is 53.6 Å². The summed E-state index contributed by atoms with van der Waals surface area (Å²) >= 11 is 0. The molecule has 5 nitrogen and oxygen atoms in total. The van der Waals surface area contributed by atoms with E-state index in [-0.39, 0.29) is 5.92 Å². The van der Waals surface area contributed by atoms with E-state index in [9.17, 15) is 4.79 Å². The third kappa shape index (κ3) is 3.10. The van der Waals surface area contributed by atoms with E-state index >= 15 is 0 Å². The molecule has 3 heterocycles. The van der Waals surface area contributed by atoms with Crippen molar-refractivity contribution in [2.24, 2.45) is 17.8 Å². The van der Waals surface area contributed by atoms with Gasteiger partial charge in [-0.15, -0.1) is 0 Å². The maximum atomic E-state index is 12.5.